The second kappa shape index (κ2) is 7.23. The standard InChI is InChI=1S/C38H28/c1-3-21-22(4-2)36-32-25-15-7-11-19-29(25)34(30-20-12-8-16-26(30)32)38(36)37-33-27-17-9-5-13-23(27)31(35(21)37)24-14-6-10-18-28(24)33/h3-20,31-34H,1-2H3/b21-3+,22-4+. The molecule has 5 aromatic carbocycles. The predicted molar refractivity (Wildman–Crippen MR) is 156 cm³/mol. The molecule has 0 nitrogen and oxygen atoms in total. The highest BCUT2D eigenvalue weighted by atomic mass is 14.5. The van der Waals surface area contributed by atoms with Crippen LogP contribution in [0.25, 0.3) is 12.2 Å². The van der Waals surface area contributed by atoms with Gasteiger partial charge in [0.15, 0.2) is 0 Å². The van der Waals surface area contributed by atoms with E-state index < -0.39 is 0 Å². The molecule has 6 aliphatic carbocycles. The van der Waals surface area contributed by atoms with Gasteiger partial charge in [0.25, 0.3) is 0 Å². The molecular weight excluding hydrogens is 456 g/mol. The number of rotatable bonds is 0. The third-order valence-corrected chi connectivity index (χ3v) is 9.95. The zero-order valence-corrected chi connectivity index (χ0v) is 21.7. The summed E-state index contributed by atoms with van der Waals surface area (Å²) in [6.45, 7) is 4.50. The monoisotopic (exact) mass is 484 g/mol. The van der Waals surface area contributed by atoms with Crippen molar-refractivity contribution in [2.45, 2.75) is 37.5 Å². The Labute approximate surface area is 223 Å². The van der Waals surface area contributed by atoms with Crippen molar-refractivity contribution in [3.8, 4) is 0 Å². The van der Waals surface area contributed by atoms with E-state index in [0.717, 1.165) is 0 Å². The summed E-state index contributed by atoms with van der Waals surface area (Å²) in [6.07, 6.45) is 4.81. The van der Waals surface area contributed by atoms with Crippen LogP contribution >= 0.6 is 0 Å². The fraction of sp³-hybridized carbons (Fsp3) is 0.158. The predicted octanol–water partition coefficient (Wildman–Crippen LogP) is 7.26. The Morgan fingerprint density at radius 3 is 0.763 bits per heavy atom. The Balaban J connectivity index is 1.51. The van der Waals surface area contributed by atoms with E-state index in [4.69, 9.17) is 0 Å². The molecule has 0 aromatic heterocycles. The fourth-order valence-electron chi connectivity index (χ4n) is 8.80. The molecule has 4 bridgehead atoms. The van der Waals surface area contributed by atoms with Gasteiger partial charge in [-0.05, 0) is 91.0 Å². The van der Waals surface area contributed by atoms with E-state index in [2.05, 4.69) is 123 Å². The van der Waals surface area contributed by atoms with Crippen molar-refractivity contribution in [2.24, 2.45) is 0 Å². The Kier molecular flexibility index (Phi) is 3.97. The van der Waals surface area contributed by atoms with Crippen LogP contribution in [-0.4, -0.2) is 0 Å². The second-order valence-electron chi connectivity index (χ2n) is 11.3. The molecule has 0 aliphatic heterocycles. The summed E-state index contributed by atoms with van der Waals surface area (Å²) in [7, 11) is 0. The van der Waals surface area contributed by atoms with Gasteiger partial charge in [-0.1, -0.05) is 109 Å². The zero-order chi connectivity index (χ0) is 25.1. The molecule has 180 valence electrons. The van der Waals surface area contributed by atoms with Crippen molar-refractivity contribution >= 4 is 12.2 Å². The summed E-state index contributed by atoms with van der Waals surface area (Å²) in [5, 5.41) is 2.89. The highest BCUT2D eigenvalue weighted by Crippen LogP contribution is 2.61. The first-order valence-electron chi connectivity index (χ1n) is 14.0. The SMILES string of the molecule is C/C=c1/c2c(c3c(/c1=C/C)C1c4ccccc4C3c3ccccc31)C1c3ccccc3C2c2ccccc21. The third-order valence-electron chi connectivity index (χ3n) is 9.95. The van der Waals surface area contributed by atoms with Crippen LogP contribution in [0.3, 0.4) is 0 Å². The van der Waals surface area contributed by atoms with E-state index in [1.807, 2.05) is 0 Å². The van der Waals surface area contributed by atoms with E-state index >= 15 is 0 Å². The normalized spacial score (nSPS) is 23.3. The van der Waals surface area contributed by atoms with Gasteiger partial charge >= 0.3 is 0 Å². The van der Waals surface area contributed by atoms with Crippen molar-refractivity contribution < 1.29 is 0 Å². The minimum Gasteiger partial charge on any atom is -0.0795 e. The molecule has 5 aromatic rings. The van der Waals surface area contributed by atoms with Gasteiger partial charge < -0.3 is 0 Å². The van der Waals surface area contributed by atoms with Crippen LogP contribution in [0.15, 0.2) is 97.1 Å². The molecule has 6 aliphatic rings. The Morgan fingerprint density at radius 2 is 0.553 bits per heavy atom. The van der Waals surface area contributed by atoms with Crippen LogP contribution in [0.4, 0.5) is 0 Å². The smallest absolute Gasteiger partial charge is 0.0355 e. The lowest BCUT2D eigenvalue weighted by atomic mass is 9.53. The molecule has 0 radical (unpaired) electrons. The quantitative estimate of drug-likeness (QED) is 0.212. The fourth-order valence-corrected chi connectivity index (χ4v) is 8.80. The van der Waals surface area contributed by atoms with Gasteiger partial charge in [-0.2, -0.15) is 0 Å². The van der Waals surface area contributed by atoms with Crippen LogP contribution < -0.4 is 10.4 Å². The van der Waals surface area contributed by atoms with Crippen molar-refractivity contribution in [1.82, 2.24) is 0 Å². The Bertz CT molecular complexity index is 1730. The first-order chi connectivity index (χ1) is 18.8. The molecule has 0 saturated carbocycles. The Morgan fingerprint density at radius 1 is 0.342 bits per heavy atom. The van der Waals surface area contributed by atoms with Crippen molar-refractivity contribution in [3.05, 3.63) is 174 Å². The molecule has 0 N–H and O–H groups in total. The lowest BCUT2D eigenvalue weighted by Crippen LogP contribution is -2.46. The molecule has 0 fully saturated rings. The summed E-state index contributed by atoms with van der Waals surface area (Å²) in [5.74, 6) is 1.12. The first kappa shape index (κ1) is 20.8. The maximum Gasteiger partial charge on any atom is 0.0355 e. The topological polar surface area (TPSA) is 0 Å². The number of hydrogen-bond donors (Lipinski definition) is 0. The van der Waals surface area contributed by atoms with Crippen molar-refractivity contribution in [2.75, 3.05) is 0 Å². The van der Waals surface area contributed by atoms with E-state index in [0.29, 0.717) is 0 Å². The summed E-state index contributed by atoms with van der Waals surface area (Å²) in [5.41, 5.74) is 18.3. The zero-order valence-electron chi connectivity index (χ0n) is 21.7. The molecule has 0 amide bonds. The van der Waals surface area contributed by atoms with E-state index in [9.17, 15) is 0 Å². The summed E-state index contributed by atoms with van der Waals surface area (Å²) >= 11 is 0. The molecule has 0 spiro atoms. The van der Waals surface area contributed by atoms with Gasteiger partial charge in [0, 0.05) is 23.7 Å². The summed E-state index contributed by atoms with van der Waals surface area (Å²) in [6, 6.07) is 37.0. The maximum absolute atomic E-state index is 2.40. The van der Waals surface area contributed by atoms with Gasteiger partial charge in [-0.25, -0.2) is 0 Å². The van der Waals surface area contributed by atoms with Gasteiger partial charge in [0.05, 0.1) is 0 Å². The van der Waals surface area contributed by atoms with Gasteiger partial charge in [-0.15, -0.1) is 0 Å². The Hall–Kier alpha value is -4.16. The van der Waals surface area contributed by atoms with Gasteiger partial charge in [0.1, 0.15) is 0 Å². The average molecular weight is 485 g/mol. The number of hydrogen-bond acceptors (Lipinski definition) is 0. The van der Waals surface area contributed by atoms with Gasteiger partial charge in [-0.3, -0.25) is 0 Å². The van der Waals surface area contributed by atoms with Crippen LogP contribution in [0.5, 0.6) is 0 Å². The molecule has 0 unspecified atom stereocenters. The summed E-state index contributed by atoms with van der Waals surface area (Å²) in [4.78, 5) is 0. The van der Waals surface area contributed by atoms with E-state index in [-0.39, 0.29) is 23.7 Å². The molecule has 0 heterocycles. The molecule has 0 atom stereocenters. The first-order valence-corrected chi connectivity index (χ1v) is 14.0. The maximum atomic E-state index is 2.40. The third kappa shape index (κ3) is 2.26. The van der Waals surface area contributed by atoms with Crippen LogP contribution in [-0.2, 0) is 0 Å². The molecule has 0 heteroatoms. The lowest BCUT2D eigenvalue weighted by Gasteiger charge is -2.49. The van der Waals surface area contributed by atoms with Crippen molar-refractivity contribution in [1.29, 1.82) is 0 Å². The lowest BCUT2D eigenvalue weighted by molar-refractivity contribution is 0.685. The minimum atomic E-state index is 0.277. The second-order valence-corrected chi connectivity index (χ2v) is 11.3. The summed E-state index contributed by atoms with van der Waals surface area (Å²) < 4.78 is 0. The van der Waals surface area contributed by atoms with E-state index in [1.165, 1.54) is 54.9 Å². The van der Waals surface area contributed by atoms with Crippen LogP contribution in [0, 0.1) is 0 Å². The molecular formula is C38H28. The van der Waals surface area contributed by atoms with Crippen LogP contribution in [0.2, 0.25) is 0 Å². The van der Waals surface area contributed by atoms with Crippen LogP contribution in [0.1, 0.15) is 104 Å². The minimum absolute atomic E-state index is 0.277. The molecule has 11 rings (SSSR count). The molecule has 0 saturated heterocycles. The van der Waals surface area contributed by atoms with Crippen molar-refractivity contribution in [3.63, 3.8) is 0 Å². The van der Waals surface area contributed by atoms with Gasteiger partial charge in [0.2, 0.25) is 0 Å². The molecule has 38 heavy (non-hydrogen) atoms. The highest BCUT2D eigenvalue weighted by molar-refractivity contribution is 5.77. The largest absolute Gasteiger partial charge is 0.0795 e. The highest BCUT2D eigenvalue weighted by Gasteiger charge is 2.49. The average Bonchev–Trinajstić information content (AvgIpc) is 2.99. The number of benzene rings is 5. The van der Waals surface area contributed by atoms with E-state index in [1.54, 1.807) is 22.3 Å².